The Morgan fingerprint density at radius 3 is 2.41 bits per heavy atom. The molecule has 4 heterocycles. The standard InChI is InChI=1S/C27H31N5O2S2.H2O/c1-16(2)24-30-26(34-31-24)32-14-12-18(13-15-32)17(3)33-27-29-23-11-10-22(28-25(23)36-27)19-4-6-20(7-5-19)35-21-8-9-21;/h4-7,10-11,16-18,21H,8-9,12-15H2,1-3H3;1H2. The van der Waals surface area contributed by atoms with Gasteiger partial charge in [0.05, 0.1) is 5.69 Å². The number of thiazole rings is 1. The van der Waals surface area contributed by atoms with E-state index < -0.39 is 0 Å². The molecule has 2 fully saturated rings. The third-order valence-electron chi connectivity index (χ3n) is 6.92. The Morgan fingerprint density at radius 2 is 1.73 bits per heavy atom. The second-order valence-corrected chi connectivity index (χ2v) is 12.4. The largest absolute Gasteiger partial charge is 0.467 e. The van der Waals surface area contributed by atoms with Gasteiger partial charge < -0.3 is 19.6 Å². The number of hydrogen-bond donors (Lipinski definition) is 0. The van der Waals surface area contributed by atoms with Crippen molar-refractivity contribution in [2.24, 2.45) is 5.92 Å². The summed E-state index contributed by atoms with van der Waals surface area (Å²) in [5, 5.41) is 5.61. The zero-order valence-corrected chi connectivity index (χ0v) is 23.0. The Labute approximate surface area is 225 Å². The smallest absolute Gasteiger partial charge is 0.324 e. The molecule has 1 atom stereocenters. The van der Waals surface area contributed by atoms with E-state index in [0.29, 0.717) is 17.1 Å². The third kappa shape index (κ3) is 5.91. The molecule has 1 aromatic carbocycles. The number of piperidine rings is 1. The molecular weight excluding hydrogens is 506 g/mol. The van der Waals surface area contributed by atoms with E-state index >= 15 is 0 Å². The quantitative estimate of drug-likeness (QED) is 0.269. The van der Waals surface area contributed by atoms with Crippen LogP contribution in [0.15, 0.2) is 45.8 Å². The fourth-order valence-corrected chi connectivity index (χ4v) is 6.42. The van der Waals surface area contributed by atoms with Gasteiger partial charge in [0.1, 0.15) is 16.5 Å². The van der Waals surface area contributed by atoms with Gasteiger partial charge in [0.2, 0.25) is 0 Å². The Hall–Kier alpha value is -2.69. The summed E-state index contributed by atoms with van der Waals surface area (Å²) in [6.45, 7) is 8.08. The minimum Gasteiger partial charge on any atom is -0.467 e. The highest BCUT2D eigenvalue weighted by atomic mass is 32.2. The minimum atomic E-state index is 0. The van der Waals surface area contributed by atoms with Crippen LogP contribution in [0.4, 0.5) is 6.01 Å². The van der Waals surface area contributed by atoms with Crippen LogP contribution in [0.5, 0.6) is 5.19 Å². The maximum Gasteiger partial charge on any atom is 0.324 e. The highest BCUT2D eigenvalue weighted by molar-refractivity contribution is 8.00. The van der Waals surface area contributed by atoms with E-state index in [2.05, 4.69) is 66.1 Å². The van der Waals surface area contributed by atoms with Crippen LogP contribution in [0.2, 0.25) is 0 Å². The van der Waals surface area contributed by atoms with E-state index in [0.717, 1.165) is 58.6 Å². The van der Waals surface area contributed by atoms with Crippen LogP contribution in [-0.4, -0.2) is 50.0 Å². The minimum absolute atomic E-state index is 0. The maximum absolute atomic E-state index is 6.31. The highest BCUT2D eigenvalue weighted by Gasteiger charge is 2.28. The number of pyridine rings is 1. The molecule has 2 aliphatic rings. The van der Waals surface area contributed by atoms with Crippen molar-refractivity contribution >= 4 is 39.5 Å². The van der Waals surface area contributed by atoms with Gasteiger partial charge in [-0.15, -0.1) is 11.8 Å². The second-order valence-electron chi connectivity index (χ2n) is 10.1. The monoisotopic (exact) mass is 539 g/mol. The van der Waals surface area contributed by atoms with Crippen LogP contribution < -0.4 is 9.64 Å². The summed E-state index contributed by atoms with van der Waals surface area (Å²) in [5.74, 6) is 1.49. The number of ether oxygens (including phenoxy) is 1. The summed E-state index contributed by atoms with van der Waals surface area (Å²) in [4.78, 5) is 18.6. The lowest BCUT2D eigenvalue weighted by Crippen LogP contribution is -2.38. The van der Waals surface area contributed by atoms with E-state index in [9.17, 15) is 0 Å². The molecule has 37 heavy (non-hydrogen) atoms. The van der Waals surface area contributed by atoms with Gasteiger partial charge in [-0.25, -0.2) is 9.97 Å². The van der Waals surface area contributed by atoms with Crippen molar-refractivity contribution in [3.05, 3.63) is 42.2 Å². The van der Waals surface area contributed by atoms with Crippen LogP contribution >= 0.6 is 23.1 Å². The first-order valence-electron chi connectivity index (χ1n) is 12.8. The summed E-state index contributed by atoms with van der Waals surface area (Å²) < 4.78 is 11.8. The summed E-state index contributed by atoms with van der Waals surface area (Å²) in [6.07, 6.45) is 4.80. The topological polar surface area (TPSA) is 109 Å². The molecule has 1 aliphatic carbocycles. The second kappa shape index (κ2) is 11.0. The molecule has 1 unspecified atom stereocenters. The number of rotatable bonds is 8. The molecule has 10 heteroatoms. The van der Waals surface area contributed by atoms with Crippen molar-refractivity contribution in [3.8, 4) is 16.5 Å². The number of aromatic nitrogens is 4. The Bertz CT molecular complexity index is 1330. The van der Waals surface area contributed by atoms with Gasteiger partial charge in [0.25, 0.3) is 5.19 Å². The van der Waals surface area contributed by atoms with Crippen LogP contribution in [0, 0.1) is 5.92 Å². The van der Waals surface area contributed by atoms with E-state index in [4.69, 9.17) is 19.2 Å². The Balaban J connectivity index is 0.00000280. The molecular formula is C27H33N5O3S2. The zero-order chi connectivity index (χ0) is 24.6. The van der Waals surface area contributed by atoms with Crippen molar-refractivity contribution in [2.45, 2.75) is 68.6 Å². The van der Waals surface area contributed by atoms with Gasteiger partial charge >= 0.3 is 6.01 Å². The van der Waals surface area contributed by atoms with Crippen molar-refractivity contribution in [2.75, 3.05) is 18.0 Å². The molecule has 4 aromatic rings. The van der Waals surface area contributed by atoms with Crippen molar-refractivity contribution < 1.29 is 14.7 Å². The third-order valence-corrected chi connectivity index (χ3v) is 9.13. The van der Waals surface area contributed by atoms with Gasteiger partial charge in [-0.3, -0.25) is 0 Å². The predicted molar refractivity (Wildman–Crippen MR) is 149 cm³/mol. The highest BCUT2D eigenvalue weighted by Crippen LogP contribution is 2.39. The van der Waals surface area contributed by atoms with Crippen LogP contribution in [0.1, 0.15) is 58.2 Å². The van der Waals surface area contributed by atoms with Crippen LogP contribution in [-0.2, 0) is 0 Å². The predicted octanol–water partition coefficient (Wildman–Crippen LogP) is 5.98. The lowest BCUT2D eigenvalue weighted by Gasteiger charge is -2.33. The van der Waals surface area contributed by atoms with Crippen LogP contribution in [0.25, 0.3) is 21.6 Å². The fraction of sp³-hybridized carbons (Fsp3) is 0.481. The summed E-state index contributed by atoms with van der Waals surface area (Å²) in [5.41, 5.74) is 3.00. The molecule has 0 bridgehead atoms. The number of nitrogens with zero attached hydrogens (tertiary/aromatic N) is 5. The molecule has 0 spiro atoms. The van der Waals surface area contributed by atoms with E-state index in [1.807, 2.05) is 17.8 Å². The summed E-state index contributed by atoms with van der Waals surface area (Å²) in [6, 6.07) is 13.5. The molecule has 3 aromatic heterocycles. The maximum atomic E-state index is 6.31. The zero-order valence-electron chi connectivity index (χ0n) is 21.4. The average molecular weight is 540 g/mol. The summed E-state index contributed by atoms with van der Waals surface area (Å²) in [7, 11) is 0. The van der Waals surface area contributed by atoms with Crippen molar-refractivity contribution in [1.82, 2.24) is 20.1 Å². The number of fused-ring (bicyclic) bond motifs is 1. The first-order valence-corrected chi connectivity index (χ1v) is 14.5. The molecule has 196 valence electrons. The first-order chi connectivity index (χ1) is 17.5. The van der Waals surface area contributed by atoms with E-state index in [1.54, 1.807) is 0 Å². The summed E-state index contributed by atoms with van der Waals surface area (Å²) >= 11 is 3.51. The fourth-order valence-electron chi connectivity index (χ4n) is 4.50. The average Bonchev–Trinajstić information content (AvgIpc) is 3.39. The normalized spacial score (nSPS) is 17.2. The molecule has 6 rings (SSSR count). The SMILES string of the molecule is CC(C)c1noc(N2CCC(C(C)Oc3nc4ccc(-c5ccc(SC6CC6)cc5)nc4s3)CC2)n1.O. The van der Waals surface area contributed by atoms with E-state index in [-0.39, 0.29) is 17.5 Å². The molecule has 1 aliphatic heterocycles. The molecule has 8 nitrogen and oxygen atoms in total. The molecule has 0 amide bonds. The molecule has 0 radical (unpaired) electrons. The first kappa shape index (κ1) is 25.9. The van der Waals surface area contributed by atoms with Crippen molar-refractivity contribution in [1.29, 1.82) is 0 Å². The lowest BCUT2D eigenvalue weighted by molar-refractivity contribution is 0.131. The molecule has 1 saturated carbocycles. The lowest BCUT2D eigenvalue weighted by atomic mass is 9.92. The van der Waals surface area contributed by atoms with Gasteiger partial charge in [-0.2, -0.15) is 4.98 Å². The van der Waals surface area contributed by atoms with E-state index in [1.165, 1.54) is 29.1 Å². The number of hydrogen-bond acceptors (Lipinski definition) is 9. The van der Waals surface area contributed by atoms with Crippen molar-refractivity contribution in [3.63, 3.8) is 0 Å². The molecule has 1 saturated heterocycles. The Kier molecular flexibility index (Phi) is 7.69. The molecule has 2 N–H and O–H groups in total. The Morgan fingerprint density at radius 1 is 0.973 bits per heavy atom. The van der Waals surface area contributed by atoms with Gasteiger partial charge in [-0.05, 0) is 62.8 Å². The number of benzene rings is 1. The van der Waals surface area contributed by atoms with Gasteiger partial charge in [0.15, 0.2) is 5.82 Å². The van der Waals surface area contributed by atoms with Gasteiger partial charge in [-0.1, -0.05) is 42.5 Å². The number of thioether (sulfide) groups is 1. The van der Waals surface area contributed by atoms with Crippen LogP contribution in [0.3, 0.4) is 0 Å². The van der Waals surface area contributed by atoms with Gasteiger partial charge in [0, 0.05) is 34.7 Å². The number of anilines is 1.